The number of methoxy groups -OCH3 is 1. The minimum absolute atomic E-state index is 0.181. The average Bonchev–Trinajstić information content (AvgIpc) is 3.24. The Kier molecular flexibility index (Phi) is 8.43. The summed E-state index contributed by atoms with van der Waals surface area (Å²) in [6.45, 7) is 3.64. The molecule has 180 valence electrons. The lowest BCUT2D eigenvalue weighted by Gasteiger charge is -2.24. The Morgan fingerprint density at radius 1 is 0.941 bits per heavy atom. The summed E-state index contributed by atoms with van der Waals surface area (Å²) in [5.74, 6) is -1.49. The third kappa shape index (κ3) is 6.23. The van der Waals surface area contributed by atoms with Crippen LogP contribution in [0.25, 0.3) is 10.9 Å². The molecule has 0 unspecified atom stereocenters. The van der Waals surface area contributed by atoms with Gasteiger partial charge in [0.2, 0.25) is 5.91 Å². The van der Waals surface area contributed by atoms with E-state index >= 15 is 0 Å². The molecule has 0 aliphatic rings. The number of aromatic amines is 1. The number of aromatic nitrogens is 1. The fourth-order valence-corrected chi connectivity index (χ4v) is 3.89. The lowest BCUT2D eigenvalue weighted by molar-refractivity contribution is -0.403. The van der Waals surface area contributed by atoms with E-state index in [0.29, 0.717) is 6.42 Å². The molecule has 0 spiro atoms. The summed E-state index contributed by atoms with van der Waals surface area (Å²) in [5.41, 5.74) is 6.82. The van der Waals surface area contributed by atoms with Gasteiger partial charge in [0.05, 0.1) is 7.11 Å². The van der Waals surface area contributed by atoms with Crippen LogP contribution in [0.3, 0.4) is 0 Å². The molecule has 3 atom stereocenters. The first-order chi connectivity index (χ1) is 16.3. The largest absolute Gasteiger partial charge is 0.467 e. The molecule has 2 amide bonds. The second-order valence-electron chi connectivity index (χ2n) is 8.76. The zero-order valence-electron chi connectivity index (χ0n) is 19.8. The first kappa shape index (κ1) is 25.0. The number of carbonyl (C=O) groups excluding carboxylic acids is 3. The van der Waals surface area contributed by atoms with Crippen molar-refractivity contribution in [1.29, 1.82) is 0 Å². The lowest BCUT2D eigenvalue weighted by Crippen LogP contribution is -2.70. The Hall–Kier alpha value is -3.65. The highest BCUT2D eigenvalue weighted by Gasteiger charge is 2.31. The highest BCUT2D eigenvalue weighted by Crippen LogP contribution is 2.19. The van der Waals surface area contributed by atoms with Crippen LogP contribution in [0.1, 0.15) is 25.0 Å². The van der Waals surface area contributed by atoms with Crippen LogP contribution >= 0.6 is 0 Å². The Bertz CT molecular complexity index is 1130. The molecule has 2 aromatic carbocycles. The third-order valence-electron chi connectivity index (χ3n) is 5.85. The summed E-state index contributed by atoms with van der Waals surface area (Å²) >= 11 is 0. The average molecular weight is 466 g/mol. The molecule has 3 rings (SSSR count). The number of nitrogens with one attached hydrogen (secondary N) is 3. The van der Waals surface area contributed by atoms with Gasteiger partial charge in [-0.3, -0.25) is 9.59 Å². The Labute approximate surface area is 199 Å². The minimum atomic E-state index is -0.891. The molecule has 6 N–H and O–H groups in total. The number of hydrogen-bond donors (Lipinski definition) is 4. The van der Waals surface area contributed by atoms with E-state index in [9.17, 15) is 14.4 Å². The maximum absolute atomic E-state index is 13.3. The van der Waals surface area contributed by atoms with Gasteiger partial charge in [0.1, 0.15) is 12.1 Å². The van der Waals surface area contributed by atoms with Crippen molar-refractivity contribution in [2.45, 2.75) is 44.8 Å². The number of esters is 1. The summed E-state index contributed by atoms with van der Waals surface area (Å²) in [4.78, 5) is 41.7. The molecule has 8 heteroatoms. The van der Waals surface area contributed by atoms with Crippen LogP contribution in [-0.2, 0) is 32.0 Å². The van der Waals surface area contributed by atoms with E-state index in [1.165, 1.54) is 7.11 Å². The molecule has 0 aliphatic carbocycles. The van der Waals surface area contributed by atoms with Gasteiger partial charge in [-0.1, -0.05) is 62.4 Å². The molecule has 8 nitrogen and oxygen atoms in total. The second kappa shape index (κ2) is 11.5. The van der Waals surface area contributed by atoms with Crippen LogP contribution in [0.5, 0.6) is 0 Å². The van der Waals surface area contributed by atoms with E-state index in [-0.39, 0.29) is 18.2 Å². The van der Waals surface area contributed by atoms with Crippen molar-refractivity contribution >= 4 is 28.7 Å². The van der Waals surface area contributed by atoms with Crippen molar-refractivity contribution in [3.05, 3.63) is 71.9 Å². The van der Waals surface area contributed by atoms with E-state index in [2.05, 4.69) is 21.4 Å². The fraction of sp³-hybridized carbons (Fsp3) is 0.346. The molecule has 3 aromatic rings. The number of rotatable bonds is 10. The van der Waals surface area contributed by atoms with Gasteiger partial charge in [0, 0.05) is 29.9 Å². The van der Waals surface area contributed by atoms with Gasteiger partial charge in [0.15, 0.2) is 6.04 Å². The quantitative estimate of drug-likeness (QED) is 0.337. The Morgan fingerprint density at radius 2 is 1.62 bits per heavy atom. The first-order valence-corrected chi connectivity index (χ1v) is 11.4. The third-order valence-corrected chi connectivity index (χ3v) is 5.85. The number of carbonyl (C=O) groups is 3. The van der Waals surface area contributed by atoms with Crippen molar-refractivity contribution in [2.24, 2.45) is 5.92 Å². The molecule has 0 saturated carbocycles. The van der Waals surface area contributed by atoms with Gasteiger partial charge in [-0.05, 0) is 23.1 Å². The minimum Gasteiger partial charge on any atom is -0.467 e. The van der Waals surface area contributed by atoms with Crippen LogP contribution in [0.15, 0.2) is 60.8 Å². The standard InChI is InChI=1S/C26H32N4O4/c1-16(2)23(26(33)34-3)30-25(32)22(14-18-15-28-21-12-8-7-11-19(18)21)29-24(31)20(27)13-17-9-5-4-6-10-17/h4-12,15-16,20,22-23,28H,13-14,27H2,1-3H3,(H,29,31)(H,30,32)/p+1/t20-,22+,23+/m1/s1. The molecule has 0 fully saturated rings. The zero-order valence-corrected chi connectivity index (χ0v) is 19.8. The molecular weight excluding hydrogens is 432 g/mol. The van der Waals surface area contributed by atoms with Crippen LogP contribution < -0.4 is 16.4 Å². The molecular formula is C26H33N4O4+. The van der Waals surface area contributed by atoms with Gasteiger partial charge >= 0.3 is 5.97 Å². The van der Waals surface area contributed by atoms with E-state index < -0.39 is 30.0 Å². The number of benzene rings is 2. The van der Waals surface area contributed by atoms with Gasteiger partial charge < -0.3 is 26.1 Å². The number of quaternary nitrogens is 1. The van der Waals surface area contributed by atoms with Crippen LogP contribution in [0, 0.1) is 5.92 Å². The van der Waals surface area contributed by atoms with Crippen molar-refractivity contribution in [2.75, 3.05) is 7.11 Å². The topological polar surface area (TPSA) is 128 Å². The summed E-state index contributed by atoms with van der Waals surface area (Å²) in [6, 6.07) is 15.1. The monoisotopic (exact) mass is 465 g/mol. The number of amides is 2. The summed E-state index contributed by atoms with van der Waals surface area (Å²) in [7, 11) is 1.28. The highest BCUT2D eigenvalue weighted by molar-refractivity contribution is 5.93. The maximum Gasteiger partial charge on any atom is 0.328 e. The highest BCUT2D eigenvalue weighted by atomic mass is 16.5. The van der Waals surface area contributed by atoms with Crippen molar-refractivity contribution in [1.82, 2.24) is 15.6 Å². The van der Waals surface area contributed by atoms with Crippen molar-refractivity contribution in [3.8, 4) is 0 Å². The van der Waals surface area contributed by atoms with E-state index in [4.69, 9.17) is 4.74 Å². The van der Waals surface area contributed by atoms with E-state index in [1.54, 1.807) is 0 Å². The Morgan fingerprint density at radius 3 is 2.29 bits per heavy atom. The van der Waals surface area contributed by atoms with Crippen LogP contribution in [0.2, 0.25) is 0 Å². The maximum atomic E-state index is 13.3. The van der Waals surface area contributed by atoms with Gasteiger partial charge in [0.25, 0.3) is 5.91 Å². The van der Waals surface area contributed by atoms with Crippen molar-refractivity contribution in [3.63, 3.8) is 0 Å². The zero-order chi connectivity index (χ0) is 24.7. The summed E-state index contributed by atoms with van der Waals surface area (Å²) in [6.07, 6.45) is 2.54. The van der Waals surface area contributed by atoms with Gasteiger partial charge in [-0.15, -0.1) is 0 Å². The summed E-state index contributed by atoms with van der Waals surface area (Å²) in [5, 5.41) is 6.60. The lowest BCUT2D eigenvalue weighted by atomic mass is 10.0. The number of ether oxygens (including phenoxy) is 1. The second-order valence-corrected chi connectivity index (χ2v) is 8.76. The van der Waals surface area contributed by atoms with Gasteiger partial charge in [-0.2, -0.15) is 0 Å². The molecule has 34 heavy (non-hydrogen) atoms. The predicted octanol–water partition coefficient (Wildman–Crippen LogP) is 1.36. The Balaban J connectivity index is 1.81. The van der Waals surface area contributed by atoms with E-state index in [0.717, 1.165) is 22.0 Å². The van der Waals surface area contributed by atoms with Gasteiger partial charge in [-0.25, -0.2) is 4.79 Å². The number of fused-ring (bicyclic) bond motifs is 1. The predicted molar refractivity (Wildman–Crippen MR) is 130 cm³/mol. The molecule has 0 radical (unpaired) electrons. The molecule has 0 aliphatic heterocycles. The molecule has 1 aromatic heterocycles. The first-order valence-electron chi connectivity index (χ1n) is 11.4. The molecule has 0 bridgehead atoms. The normalized spacial score (nSPS) is 13.8. The van der Waals surface area contributed by atoms with E-state index in [1.807, 2.05) is 74.6 Å². The summed E-state index contributed by atoms with van der Waals surface area (Å²) < 4.78 is 4.85. The smallest absolute Gasteiger partial charge is 0.328 e. The molecule has 1 heterocycles. The fourth-order valence-electron chi connectivity index (χ4n) is 3.89. The molecule has 0 saturated heterocycles. The number of hydrogen-bond acceptors (Lipinski definition) is 4. The number of para-hydroxylation sites is 1. The van der Waals surface area contributed by atoms with Crippen LogP contribution in [0.4, 0.5) is 0 Å². The van der Waals surface area contributed by atoms with Crippen molar-refractivity contribution < 1.29 is 24.9 Å². The SMILES string of the molecule is COC(=O)[C@@H](NC(=O)[C@H](Cc1c[nH]c2ccccc12)NC(=O)[C@H]([NH3+])Cc1ccccc1)C(C)C. The van der Waals surface area contributed by atoms with Crippen LogP contribution in [-0.4, -0.2) is 48.0 Å². The number of H-pyrrole nitrogens is 1.